The van der Waals surface area contributed by atoms with Crippen molar-refractivity contribution >= 4 is 39.2 Å². The summed E-state index contributed by atoms with van der Waals surface area (Å²) in [6.45, 7) is 0.959. The van der Waals surface area contributed by atoms with Crippen molar-refractivity contribution < 1.29 is 14.3 Å². The molecule has 0 atom stereocenters. The zero-order chi connectivity index (χ0) is 21.2. The van der Waals surface area contributed by atoms with Gasteiger partial charge in [0.25, 0.3) is 5.91 Å². The zero-order valence-corrected chi connectivity index (χ0v) is 16.6. The van der Waals surface area contributed by atoms with Gasteiger partial charge < -0.3 is 14.8 Å². The fourth-order valence-electron chi connectivity index (χ4n) is 3.82. The number of hydrogen-bond acceptors (Lipinski definition) is 4. The summed E-state index contributed by atoms with van der Waals surface area (Å²) in [5, 5.41) is 16.6. The molecule has 1 heterocycles. The second-order valence-electron chi connectivity index (χ2n) is 7.21. The highest BCUT2D eigenvalue weighted by Crippen LogP contribution is 2.33. The Labute approximate surface area is 179 Å². The minimum Gasteiger partial charge on any atom is -0.486 e. The summed E-state index contributed by atoms with van der Waals surface area (Å²) >= 11 is 0. The lowest BCUT2D eigenvalue weighted by Gasteiger charge is -2.19. The van der Waals surface area contributed by atoms with Gasteiger partial charge in [-0.2, -0.15) is 5.26 Å². The molecule has 150 valence electrons. The first-order valence-corrected chi connectivity index (χ1v) is 9.96. The number of nitriles is 1. The minimum absolute atomic E-state index is 0.0244. The lowest BCUT2D eigenvalue weighted by molar-refractivity contribution is -0.112. The van der Waals surface area contributed by atoms with E-state index in [1.807, 2.05) is 48.5 Å². The summed E-state index contributed by atoms with van der Waals surface area (Å²) in [5.41, 5.74) is 1.41. The summed E-state index contributed by atoms with van der Waals surface area (Å²) in [7, 11) is 0. The molecule has 0 fully saturated rings. The van der Waals surface area contributed by atoms with Crippen molar-refractivity contribution in [2.45, 2.75) is 0 Å². The monoisotopic (exact) mass is 406 g/mol. The van der Waals surface area contributed by atoms with Crippen molar-refractivity contribution in [3.8, 4) is 17.6 Å². The van der Waals surface area contributed by atoms with E-state index in [0.717, 1.165) is 27.1 Å². The van der Waals surface area contributed by atoms with E-state index in [-0.39, 0.29) is 5.57 Å². The lowest BCUT2D eigenvalue weighted by Crippen LogP contribution is -2.17. The number of anilines is 1. The Morgan fingerprint density at radius 1 is 0.871 bits per heavy atom. The van der Waals surface area contributed by atoms with Crippen LogP contribution in [0.3, 0.4) is 0 Å². The molecule has 0 unspecified atom stereocenters. The molecule has 1 amide bonds. The number of carbonyl (C=O) groups is 1. The van der Waals surface area contributed by atoms with Crippen molar-refractivity contribution in [2.24, 2.45) is 0 Å². The van der Waals surface area contributed by atoms with E-state index in [0.29, 0.717) is 30.4 Å². The Balaban J connectivity index is 1.55. The van der Waals surface area contributed by atoms with Gasteiger partial charge in [0, 0.05) is 11.8 Å². The van der Waals surface area contributed by atoms with Gasteiger partial charge in [-0.3, -0.25) is 4.79 Å². The van der Waals surface area contributed by atoms with Crippen molar-refractivity contribution in [2.75, 3.05) is 18.5 Å². The van der Waals surface area contributed by atoms with Crippen LogP contribution in [-0.2, 0) is 4.79 Å². The highest BCUT2D eigenvalue weighted by atomic mass is 16.6. The molecule has 0 aromatic heterocycles. The van der Waals surface area contributed by atoms with Gasteiger partial charge in [0.15, 0.2) is 11.5 Å². The summed E-state index contributed by atoms with van der Waals surface area (Å²) < 4.78 is 11.1. The average molecular weight is 406 g/mol. The van der Waals surface area contributed by atoms with E-state index >= 15 is 0 Å². The van der Waals surface area contributed by atoms with Gasteiger partial charge in [0.1, 0.15) is 24.9 Å². The van der Waals surface area contributed by atoms with E-state index in [9.17, 15) is 10.1 Å². The first-order chi connectivity index (χ1) is 15.2. The van der Waals surface area contributed by atoms with Crippen LogP contribution < -0.4 is 14.8 Å². The molecule has 4 aromatic carbocycles. The zero-order valence-electron chi connectivity index (χ0n) is 16.6. The first kappa shape index (κ1) is 18.7. The fraction of sp³-hybridized carbons (Fsp3) is 0.0769. The van der Waals surface area contributed by atoms with Crippen molar-refractivity contribution in [1.29, 1.82) is 5.26 Å². The van der Waals surface area contributed by atoms with E-state index in [2.05, 4.69) is 17.5 Å². The number of fused-ring (bicyclic) bond motifs is 3. The predicted octanol–water partition coefficient (Wildman–Crippen LogP) is 5.31. The molecule has 5 heteroatoms. The first-order valence-electron chi connectivity index (χ1n) is 9.96. The molecule has 1 N–H and O–H groups in total. The molecule has 31 heavy (non-hydrogen) atoms. The number of hydrogen-bond donors (Lipinski definition) is 1. The normalized spacial score (nSPS) is 13.1. The molecule has 0 bridgehead atoms. The van der Waals surface area contributed by atoms with Crippen LogP contribution >= 0.6 is 0 Å². The van der Waals surface area contributed by atoms with E-state index in [4.69, 9.17) is 9.47 Å². The molecule has 4 aromatic rings. The van der Waals surface area contributed by atoms with Crippen LogP contribution in [0.25, 0.3) is 27.6 Å². The number of ether oxygens (including phenoxy) is 2. The Hall–Kier alpha value is -4.30. The quantitative estimate of drug-likeness (QED) is 0.284. The molecule has 5 rings (SSSR count). The van der Waals surface area contributed by atoms with Crippen LogP contribution in [0, 0.1) is 11.3 Å². The largest absolute Gasteiger partial charge is 0.486 e. The summed E-state index contributed by atoms with van der Waals surface area (Å²) in [6.07, 6.45) is 1.66. The summed E-state index contributed by atoms with van der Waals surface area (Å²) in [5.74, 6) is 0.741. The maximum atomic E-state index is 12.9. The molecular formula is C26H18N2O3. The third kappa shape index (κ3) is 3.56. The fourth-order valence-corrected chi connectivity index (χ4v) is 3.82. The topological polar surface area (TPSA) is 71.4 Å². The van der Waals surface area contributed by atoms with Gasteiger partial charge in [-0.15, -0.1) is 0 Å². The molecule has 0 radical (unpaired) electrons. The van der Waals surface area contributed by atoms with Crippen LogP contribution in [0.15, 0.2) is 78.4 Å². The Morgan fingerprint density at radius 3 is 2.19 bits per heavy atom. The van der Waals surface area contributed by atoms with Crippen LogP contribution in [0.1, 0.15) is 5.56 Å². The van der Waals surface area contributed by atoms with Gasteiger partial charge >= 0.3 is 0 Å². The average Bonchev–Trinajstić information content (AvgIpc) is 2.81. The van der Waals surface area contributed by atoms with E-state index in [1.54, 1.807) is 24.3 Å². The maximum Gasteiger partial charge on any atom is 0.266 e. The molecule has 1 aliphatic rings. The van der Waals surface area contributed by atoms with Crippen LogP contribution in [-0.4, -0.2) is 19.1 Å². The van der Waals surface area contributed by atoms with Crippen LogP contribution in [0.2, 0.25) is 0 Å². The molecular weight excluding hydrogens is 388 g/mol. The molecule has 0 aliphatic carbocycles. The smallest absolute Gasteiger partial charge is 0.266 e. The standard InChI is InChI=1S/C26H18N2O3/c27-16-19(26(29)28-20-9-10-24-25(15-20)31-12-11-30-24)14-23-21-7-3-1-5-17(21)13-18-6-2-4-8-22(18)23/h1-10,13-15H,11-12H2,(H,28,29). The maximum absolute atomic E-state index is 12.9. The van der Waals surface area contributed by atoms with Gasteiger partial charge in [0.2, 0.25) is 0 Å². The number of nitrogens with one attached hydrogen (secondary N) is 1. The van der Waals surface area contributed by atoms with Crippen molar-refractivity contribution in [3.05, 3.63) is 83.9 Å². The van der Waals surface area contributed by atoms with Gasteiger partial charge in [-0.05, 0) is 51.4 Å². The van der Waals surface area contributed by atoms with Crippen molar-refractivity contribution in [1.82, 2.24) is 0 Å². The molecule has 0 saturated heterocycles. The Bertz CT molecular complexity index is 1350. The molecule has 1 aliphatic heterocycles. The van der Waals surface area contributed by atoms with E-state index in [1.165, 1.54) is 0 Å². The minimum atomic E-state index is -0.476. The third-order valence-corrected chi connectivity index (χ3v) is 5.27. The SMILES string of the molecule is N#CC(=Cc1c2ccccc2cc2ccccc12)C(=O)Nc1ccc2c(c1)OCCO2. The Kier molecular flexibility index (Phi) is 4.74. The second kappa shape index (κ2) is 7.85. The second-order valence-corrected chi connectivity index (χ2v) is 7.21. The molecule has 0 spiro atoms. The van der Waals surface area contributed by atoms with Gasteiger partial charge in [-0.1, -0.05) is 48.5 Å². The number of carbonyl (C=O) groups excluding carboxylic acids is 1. The number of rotatable bonds is 3. The van der Waals surface area contributed by atoms with Crippen LogP contribution in [0.5, 0.6) is 11.5 Å². The molecule has 0 saturated carbocycles. The van der Waals surface area contributed by atoms with Gasteiger partial charge in [0.05, 0.1) is 0 Å². The number of benzene rings is 4. The third-order valence-electron chi connectivity index (χ3n) is 5.27. The van der Waals surface area contributed by atoms with E-state index < -0.39 is 5.91 Å². The highest BCUT2D eigenvalue weighted by molar-refractivity contribution is 6.14. The number of amides is 1. The summed E-state index contributed by atoms with van der Waals surface area (Å²) in [6, 6.07) is 25.3. The van der Waals surface area contributed by atoms with Gasteiger partial charge in [-0.25, -0.2) is 0 Å². The van der Waals surface area contributed by atoms with Crippen LogP contribution in [0.4, 0.5) is 5.69 Å². The Morgan fingerprint density at radius 2 is 1.52 bits per heavy atom. The molecule has 5 nitrogen and oxygen atoms in total. The highest BCUT2D eigenvalue weighted by Gasteiger charge is 2.16. The summed E-state index contributed by atoms with van der Waals surface area (Å²) in [4.78, 5) is 12.9. The van der Waals surface area contributed by atoms with Crippen molar-refractivity contribution in [3.63, 3.8) is 0 Å². The number of nitrogens with zero attached hydrogens (tertiary/aromatic N) is 1. The predicted molar refractivity (Wildman–Crippen MR) is 121 cm³/mol. The lowest BCUT2D eigenvalue weighted by atomic mass is 9.95.